The molecular formula is C15H20N4OS. The zero-order chi connectivity index (χ0) is 14.1. The average Bonchev–Trinajstić information content (AvgIpc) is 3.00. The van der Waals surface area contributed by atoms with Crippen LogP contribution in [0.1, 0.15) is 6.42 Å². The molecule has 0 bridgehead atoms. The lowest BCUT2D eigenvalue weighted by atomic mass is 10.2. The van der Waals surface area contributed by atoms with Crippen LogP contribution in [0, 0.1) is 0 Å². The summed E-state index contributed by atoms with van der Waals surface area (Å²) in [4.78, 5) is 2.29. The largest absolute Gasteiger partial charge is 0.496 e. The number of rotatable bonds is 2. The van der Waals surface area contributed by atoms with Crippen LogP contribution >= 0.6 is 11.8 Å². The molecule has 0 aromatic rings. The molecule has 112 valence electrons. The Labute approximate surface area is 129 Å². The van der Waals surface area contributed by atoms with Gasteiger partial charge in [0, 0.05) is 37.6 Å². The first-order valence-electron chi connectivity index (χ1n) is 7.47. The number of ether oxygens (including phenoxy) is 1. The van der Waals surface area contributed by atoms with Crippen molar-refractivity contribution in [3.05, 3.63) is 47.5 Å². The number of hydrazine groups is 1. The van der Waals surface area contributed by atoms with Crippen LogP contribution in [0.5, 0.6) is 0 Å². The second-order valence-corrected chi connectivity index (χ2v) is 6.41. The van der Waals surface area contributed by atoms with E-state index in [-0.39, 0.29) is 0 Å². The predicted octanol–water partition coefficient (Wildman–Crippen LogP) is 1.63. The Bertz CT molecular complexity index is 520. The molecule has 21 heavy (non-hydrogen) atoms. The Balaban J connectivity index is 1.63. The van der Waals surface area contributed by atoms with Crippen molar-refractivity contribution in [2.75, 3.05) is 32.8 Å². The van der Waals surface area contributed by atoms with Gasteiger partial charge in [0.2, 0.25) is 0 Å². The summed E-state index contributed by atoms with van der Waals surface area (Å²) in [5.41, 5.74) is 2.84. The number of allylic oxidation sites excluding steroid dienone is 2. The van der Waals surface area contributed by atoms with Gasteiger partial charge in [0.05, 0.1) is 12.0 Å². The lowest BCUT2D eigenvalue weighted by molar-refractivity contribution is -0.00456. The molecule has 0 amide bonds. The molecule has 1 N–H and O–H groups in total. The number of hydrogen-bond acceptors (Lipinski definition) is 6. The van der Waals surface area contributed by atoms with E-state index in [9.17, 15) is 0 Å². The lowest BCUT2D eigenvalue weighted by Crippen LogP contribution is -2.48. The van der Waals surface area contributed by atoms with E-state index in [4.69, 9.17) is 4.74 Å². The predicted molar refractivity (Wildman–Crippen MR) is 84.5 cm³/mol. The minimum atomic E-state index is 0.324. The summed E-state index contributed by atoms with van der Waals surface area (Å²) in [6, 6.07) is 0. The van der Waals surface area contributed by atoms with Gasteiger partial charge in [-0.05, 0) is 24.4 Å². The molecule has 5 nitrogen and oxygen atoms in total. The molecule has 0 aromatic heterocycles. The first-order valence-corrected chi connectivity index (χ1v) is 8.42. The van der Waals surface area contributed by atoms with E-state index < -0.39 is 0 Å². The molecule has 4 aliphatic heterocycles. The van der Waals surface area contributed by atoms with Gasteiger partial charge in [-0.1, -0.05) is 17.8 Å². The monoisotopic (exact) mass is 304 g/mol. The van der Waals surface area contributed by atoms with E-state index in [1.54, 1.807) is 6.26 Å². The van der Waals surface area contributed by atoms with Crippen molar-refractivity contribution in [3.63, 3.8) is 0 Å². The Morgan fingerprint density at radius 1 is 1.29 bits per heavy atom. The lowest BCUT2D eigenvalue weighted by Gasteiger charge is -2.38. The van der Waals surface area contributed by atoms with Gasteiger partial charge < -0.3 is 15.0 Å². The topological polar surface area (TPSA) is 31.0 Å². The molecule has 0 aromatic carbocycles. The Morgan fingerprint density at radius 3 is 3.19 bits per heavy atom. The number of nitrogens with one attached hydrogen (secondary N) is 1. The maximum Gasteiger partial charge on any atom is 0.172 e. The number of thioether (sulfide) groups is 1. The normalized spacial score (nSPS) is 29.0. The SMILES string of the molecule is C1=COCC(C2=CN3C=CSC3N2N2CCCNCC2)=C1. The van der Waals surface area contributed by atoms with E-state index >= 15 is 0 Å². The summed E-state index contributed by atoms with van der Waals surface area (Å²) in [7, 11) is 0. The maximum absolute atomic E-state index is 5.49. The van der Waals surface area contributed by atoms with Gasteiger partial charge in [-0.3, -0.25) is 5.01 Å². The molecular weight excluding hydrogens is 284 g/mol. The molecule has 4 rings (SSSR count). The van der Waals surface area contributed by atoms with E-state index in [0.717, 1.165) is 26.2 Å². The van der Waals surface area contributed by atoms with Crippen LogP contribution in [-0.4, -0.2) is 53.2 Å². The van der Waals surface area contributed by atoms with Crippen LogP contribution in [0.2, 0.25) is 0 Å². The van der Waals surface area contributed by atoms with Crippen LogP contribution in [-0.2, 0) is 4.74 Å². The van der Waals surface area contributed by atoms with E-state index in [1.807, 2.05) is 17.8 Å². The molecule has 0 aliphatic carbocycles. The zero-order valence-electron chi connectivity index (χ0n) is 11.9. The fraction of sp³-hybridized carbons (Fsp3) is 0.467. The van der Waals surface area contributed by atoms with E-state index in [2.05, 4.69) is 44.1 Å². The van der Waals surface area contributed by atoms with Crippen LogP contribution in [0.15, 0.2) is 47.5 Å². The van der Waals surface area contributed by atoms with Crippen LogP contribution < -0.4 is 5.32 Å². The quantitative estimate of drug-likeness (QED) is 0.834. The van der Waals surface area contributed by atoms with Gasteiger partial charge >= 0.3 is 0 Å². The fourth-order valence-electron chi connectivity index (χ4n) is 3.06. The number of fused-ring (bicyclic) bond motifs is 1. The first-order chi connectivity index (χ1) is 10.4. The third-order valence-corrected chi connectivity index (χ3v) is 5.04. The third-order valence-electron chi connectivity index (χ3n) is 4.08. The molecule has 1 fully saturated rings. The van der Waals surface area contributed by atoms with Crippen molar-refractivity contribution in [2.24, 2.45) is 0 Å². The fourth-order valence-corrected chi connectivity index (χ4v) is 4.04. The highest BCUT2D eigenvalue weighted by molar-refractivity contribution is 8.02. The molecule has 1 saturated heterocycles. The molecule has 6 heteroatoms. The highest BCUT2D eigenvalue weighted by Crippen LogP contribution is 2.40. The number of nitrogens with zero attached hydrogens (tertiary/aromatic N) is 3. The van der Waals surface area contributed by atoms with Crippen molar-refractivity contribution in [1.29, 1.82) is 0 Å². The number of hydrogen-bond donors (Lipinski definition) is 1. The Morgan fingerprint density at radius 2 is 2.29 bits per heavy atom. The Hall–Kier alpha value is -1.37. The molecule has 4 aliphatic rings. The van der Waals surface area contributed by atoms with Crippen molar-refractivity contribution in [1.82, 2.24) is 20.2 Å². The molecule has 0 saturated carbocycles. The third kappa shape index (κ3) is 2.47. The molecule has 4 heterocycles. The van der Waals surface area contributed by atoms with Crippen molar-refractivity contribution >= 4 is 11.8 Å². The standard InChI is InChI=1S/C15H20N4OS/c1-3-13(12-20-9-1)14-11-17-8-10-21-15(17)19(14)18-6-2-4-16-5-7-18/h1,3,8-11,15-16H,2,4-7,12H2. The molecule has 0 spiro atoms. The smallest absolute Gasteiger partial charge is 0.172 e. The van der Waals surface area contributed by atoms with Gasteiger partial charge in [0.1, 0.15) is 6.61 Å². The minimum Gasteiger partial charge on any atom is -0.496 e. The van der Waals surface area contributed by atoms with Crippen LogP contribution in [0.4, 0.5) is 0 Å². The van der Waals surface area contributed by atoms with Gasteiger partial charge in [0.25, 0.3) is 0 Å². The van der Waals surface area contributed by atoms with Gasteiger partial charge in [0.15, 0.2) is 5.50 Å². The van der Waals surface area contributed by atoms with Gasteiger partial charge in [-0.25, -0.2) is 5.01 Å². The van der Waals surface area contributed by atoms with Crippen LogP contribution in [0.25, 0.3) is 0 Å². The summed E-state index contributed by atoms with van der Waals surface area (Å²) in [6.45, 7) is 4.95. The van der Waals surface area contributed by atoms with Gasteiger partial charge in [-0.15, -0.1) is 0 Å². The van der Waals surface area contributed by atoms with Gasteiger partial charge in [-0.2, -0.15) is 0 Å². The summed E-state index contributed by atoms with van der Waals surface area (Å²) in [5.74, 6) is 0. The maximum atomic E-state index is 5.49. The van der Waals surface area contributed by atoms with Crippen LogP contribution in [0.3, 0.4) is 0 Å². The molecule has 0 radical (unpaired) electrons. The molecule has 1 unspecified atom stereocenters. The first kappa shape index (κ1) is 13.3. The summed E-state index contributed by atoms with van der Waals surface area (Å²) in [5, 5.41) is 10.6. The summed E-state index contributed by atoms with van der Waals surface area (Å²) >= 11 is 1.86. The van der Waals surface area contributed by atoms with Crippen molar-refractivity contribution < 1.29 is 4.74 Å². The summed E-state index contributed by atoms with van der Waals surface area (Å²) in [6.07, 6.45) is 11.5. The minimum absolute atomic E-state index is 0.324. The Kier molecular flexibility index (Phi) is 3.67. The summed E-state index contributed by atoms with van der Waals surface area (Å²) < 4.78 is 5.49. The second-order valence-electron chi connectivity index (χ2n) is 5.44. The average molecular weight is 304 g/mol. The highest BCUT2D eigenvalue weighted by atomic mass is 32.2. The second kappa shape index (κ2) is 5.79. The highest BCUT2D eigenvalue weighted by Gasteiger charge is 2.38. The van der Waals surface area contributed by atoms with E-state index in [0.29, 0.717) is 12.1 Å². The van der Waals surface area contributed by atoms with Crippen molar-refractivity contribution in [2.45, 2.75) is 11.9 Å². The molecule has 1 atom stereocenters. The van der Waals surface area contributed by atoms with Crippen molar-refractivity contribution in [3.8, 4) is 0 Å². The zero-order valence-corrected chi connectivity index (χ0v) is 12.8. The van der Waals surface area contributed by atoms with E-state index in [1.165, 1.54) is 17.7 Å².